The van der Waals surface area contributed by atoms with Crippen molar-refractivity contribution in [3.05, 3.63) is 18.2 Å². The summed E-state index contributed by atoms with van der Waals surface area (Å²) in [7, 11) is 2.15. The first kappa shape index (κ1) is 9.68. The molecule has 0 spiro atoms. The highest BCUT2D eigenvalue weighted by atomic mass is 15.1. The molecule has 1 saturated heterocycles. The Balaban J connectivity index is 1.75. The molecule has 4 nitrogen and oxygen atoms in total. The molecule has 1 aliphatic heterocycles. The van der Waals surface area contributed by atoms with Crippen LogP contribution < -0.4 is 5.32 Å². The lowest BCUT2D eigenvalue weighted by Crippen LogP contribution is -2.34. The summed E-state index contributed by atoms with van der Waals surface area (Å²) in [6, 6.07) is 0.683. The molecule has 0 amide bonds. The van der Waals surface area contributed by atoms with E-state index in [2.05, 4.69) is 27.2 Å². The smallest absolute Gasteiger partial charge is 0.0922 e. The van der Waals surface area contributed by atoms with Gasteiger partial charge in [0.25, 0.3) is 0 Å². The summed E-state index contributed by atoms with van der Waals surface area (Å²) in [5, 5.41) is 3.50. The van der Waals surface area contributed by atoms with Crippen LogP contribution in [0, 0.1) is 0 Å². The van der Waals surface area contributed by atoms with Crippen LogP contribution in [-0.2, 0) is 6.54 Å². The maximum Gasteiger partial charge on any atom is 0.0922 e. The Morgan fingerprint density at radius 3 is 3.21 bits per heavy atom. The predicted octanol–water partition coefficient (Wildman–Crippen LogP) is 0.593. The van der Waals surface area contributed by atoms with E-state index >= 15 is 0 Å². The number of imidazole rings is 1. The Labute approximate surface area is 84.7 Å². The standard InChI is InChI=1S/C10H18N4/c1-14(6-9-3-2-4-12-9)7-10-5-11-8-13-10/h5,8-9,12H,2-4,6-7H2,1H3,(H,11,13). The van der Waals surface area contributed by atoms with Gasteiger partial charge in [-0.1, -0.05) is 0 Å². The van der Waals surface area contributed by atoms with E-state index in [0.717, 1.165) is 13.1 Å². The van der Waals surface area contributed by atoms with Gasteiger partial charge in [0.2, 0.25) is 0 Å². The van der Waals surface area contributed by atoms with Gasteiger partial charge in [0.15, 0.2) is 0 Å². The van der Waals surface area contributed by atoms with Crippen molar-refractivity contribution in [1.29, 1.82) is 0 Å². The quantitative estimate of drug-likeness (QED) is 0.737. The van der Waals surface area contributed by atoms with E-state index in [1.165, 1.54) is 25.1 Å². The van der Waals surface area contributed by atoms with Crippen molar-refractivity contribution in [1.82, 2.24) is 20.2 Å². The Hall–Kier alpha value is -0.870. The molecule has 0 aliphatic carbocycles. The van der Waals surface area contributed by atoms with Gasteiger partial charge in [-0.25, -0.2) is 4.98 Å². The van der Waals surface area contributed by atoms with Crippen LogP contribution in [0.1, 0.15) is 18.5 Å². The van der Waals surface area contributed by atoms with Crippen molar-refractivity contribution in [2.45, 2.75) is 25.4 Å². The lowest BCUT2D eigenvalue weighted by Gasteiger charge is -2.20. The summed E-state index contributed by atoms with van der Waals surface area (Å²) >= 11 is 0. The molecule has 0 saturated carbocycles. The number of nitrogens with zero attached hydrogens (tertiary/aromatic N) is 2. The zero-order valence-corrected chi connectivity index (χ0v) is 8.66. The monoisotopic (exact) mass is 194 g/mol. The molecule has 2 heterocycles. The van der Waals surface area contributed by atoms with Gasteiger partial charge in [0, 0.05) is 31.0 Å². The minimum Gasteiger partial charge on any atom is -0.347 e. The maximum absolute atomic E-state index is 4.01. The summed E-state index contributed by atoms with van der Waals surface area (Å²) in [6.07, 6.45) is 6.26. The van der Waals surface area contributed by atoms with Crippen molar-refractivity contribution >= 4 is 0 Å². The van der Waals surface area contributed by atoms with Crippen LogP contribution in [0.2, 0.25) is 0 Å². The number of hydrogen-bond acceptors (Lipinski definition) is 3. The van der Waals surface area contributed by atoms with E-state index < -0.39 is 0 Å². The maximum atomic E-state index is 4.01. The number of rotatable bonds is 4. The average molecular weight is 194 g/mol. The molecule has 2 rings (SSSR count). The van der Waals surface area contributed by atoms with Gasteiger partial charge in [-0.15, -0.1) is 0 Å². The molecule has 1 aromatic rings. The number of hydrogen-bond donors (Lipinski definition) is 2. The summed E-state index contributed by atoms with van der Waals surface area (Å²) in [5.74, 6) is 0. The number of likely N-dealkylation sites (N-methyl/N-ethyl adjacent to an activating group) is 1. The molecule has 1 unspecified atom stereocenters. The van der Waals surface area contributed by atoms with Gasteiger partial charge in [0.05, 0.1) is 6.33 Å². The van der Waals surface area contributed by atoms with Crippen LogP contribution in [0.3, 0.4) is 0 Å². The molecule has 78 valence electrons. The SMILES string of the molecule is CN(Cc1cnc[nH]1)CC1CCCN1. The third-order valence-corrected chi connectivity index (χ3v) is 2.69. The van der Waals surface area contributed by atoms with Crippen LogP contribution >= 0.6 is 0 Å². The molecule has 0 bridgehead atoms. The first-order valence-corrected chi connectivity index (χ1v) is 5.24. The molecule has 2 N–H and O–H groups in total. The van der Waals surface area contributed by atoms with Gasteiger partial charge in [-0.05, 0) is 26.4 Å². The lowest BCUT2D eigenvalue weighted by atomic mass is 10.2. The van der Waals surface area contributed by atoms with E-state index in [9.17, 15) is 0 Å². The average Bonchev–Trinajstić information content (AvgIpc) is 2.76. The highest BCUT2D eigenvalue weighted by molar-refractivity contribution is 4.93. The Bertz CT molecular complexity index is 251. The third kappa shape index (κ3) is 2.56. The van der Waals surface area contributed by atoms with Crippen molar-refractivity contribution in [3.63, 3.8) is 0 Å². The van der Waals surface area contributed by atoms with Crippen LogP contribution in [0.25, 0.3) is 0 Å². The number of aromatic amines is 1. The van der Waals surface area contributed by atoms with Gasteiger partial charge in [-0.2, -0.15) is 0 Å². The Kier molecular flexibility index (Phi) is 3.16. The first-order valence-electron chi connectivity index (χ1n) is 5.24. The molecule has 1 aliphatic rings. The predicted molar refractivity (Wildman–Crippen MR) is 55.9 cm³/mol. The second-order valence-corrected chi connectivity index (χ2v) is 4.07. The van der Waals surface area contributed by atoms with E-state index in [0.29, 0.717) is 6.04 Å². The zero-order valence-electron chi connectivity index (χ0n) is 8.66. The molecule has 1 fully saturated rings. The number of nitrogens with one attached hydrogen (secondary N) is 2. The molecule has 1 aromatic heterocycles. The molecule has 1 atom stereocenters. The zero-order chi connectivity index (χ0) is 9.80. The van der Waals surface area contributed by atoms with Gasteiger partial charge in [0.1, 0.15) is 0 Å². The fourth-order valence-electron chi connectivity index (χ4n) is 2.02. The lowest BCUT2D eigenvalue weighted by molar-refractivity contribution is 0.290. The van der Waals surface area contributed by atoms with Crippen LogP contribution in [-0.4, -0.2) is 41.0 Å². The molecule has 14 heavy (non-hydrogen) atoms. The number of aromatic nitrogens is 2. The summed E-state index contributed by atoms with van der Waals surface area (Å²) < 4.78 is 0. The van der Waals surface area contributed by atoms with Gasteiger partial charge >= 0.3 is 0 Å². The molecule has 0 aromatic carbocycles. The van der Waals surface area contributed by atoms with Gasteiger partial charge < -0.3 is 10.3 Å². The molecular formula is C10H18N4. The second-order valence-electron chi connectivity index (χ2n) is 4.07. The van der Waals surface area contributed by atoms with Crippen molar-refractivity contribution in [3.8, 4) is 0 Å². The second kappa shape index (κ2) is 4.57. The van der Waals surface area contributed by atoms with E-state index in [1.807, 2.05) is 6.20 Å². The summed E-state index contributed by atoms with van der Waals surface area (Å²) in [5.41, 5.74) is 1.19. The minimum absolute atomic E-state index is 0.683. The molecular weight excluding hydrogens is 176 g/mol. The highest BCUT2D eigenvalue weighted by Crippen LogP contribution is 2.07. The van der Waals surface area contributed by atoms with E-state index in [4.69, 9.17) is 0 Å². The fourth-order valence-corrected chi connectivity index (χ4v) is 2.02. The third-order valence-electron chi connectivity index (χ3n) is 2.69. The molecule has 0 radical (unpaired) electrons. The number of H-pyrrole nitrogens is 1. The van der Waals surface area contributed by atoms with Crippen LogP contribution in [0.4, 0.5) is 0 Å². The van der Waals surface area contributed by atoms with Crippen molar-refractivity contribution < 1.29 is 0 Å². The van der Waals surface area contributed by atoms with Crippen molar-refractivity contribution in [2.75, 3.05) is 20.1 Å². The largest absolute Gasteiger partial charge is 0.347 e. The van der Waals surface area contributed by atoms with Crippen LogP contribution in [0.5, 0.6) is 0 Å². The van der Waals surface area contributed by atoms with E-state index in [1.54, 1.807) is 6.33 Å². The van der Waals surface area contributed by atoms with Gasteiger partial charge in [-0.3, -0.25) is 4.90 Å². The summed E-state index contributed by atoms with van der Waals surface area (Å²) in [6.45, 7) is 3.26. The first-order chi connectivity index (χ1) is 6.84. The Morgan fingerprint density at radius 2 is 2.57 bits per heavy atom. The van der Waals surface area contributed by atoms with Crippen molar-refractivity contribution in [2.24, 2.45) is 0 Å². The topological polar surface area (TPSA) is 44.0 Å². The minimum atomic E-state index is 0.683. The molecule has 4 heteroatoms. The Morgan fingerprint density at radius 1 is 1.64 bits per heavy atom. The van der Waals surface area contributed by atoms with E-state index in [-0.39, 0.29) is 0 Å². The fraction of sp³-hybridized carbons (Fsp3) is 0.700. The van der Waals surface area contributed by atoms with Crippen LogP contribution in [0.15, 0.2) is 12.5 Å². The normalized spacial score (nSPS) is 22.0. The highest BCUT2D eigenvalue weighted by Gasteiger charge is 2.15. The summed E-state index contributed by atoms with van der Waals surface area (Å²) in [4.78, 5) is 9.46.